The number of rotatable bonds is 4. The Hall–Kier alpha value is -2.42. The molecule has 0 saturated heterocycles. The van der Waals surface area contributed by atoms with Gasteiger partial charge in [-0.3, -0.25) is 9.59 Å². The molecule has 3 heteroatoms. The van der Waals surface area contributed by atoms with Crippen molar-refractivity contribution in [3.63, 3.8) is 0 Å². The van der Waals surface area contributed by atoms with Crippen molar-refractivity contribution >= 4 is 11.7 Å². The van der Waals surface area contributed by atoms with E-state index in [-0.39, 0.29) is 11.7 Å². The average Bonchev–Trinajstić information content (AvgIpc) is 2.46. The summed E-state index contributed by atoms with van der Waals surface area (Å²) in [6, 6.07) is 16.5. The highest BCUT2D eigenvalue weighted by Gasteiger charge is 2.13. The van der Waals surface area contributed by atoms with Crippen LogP contribution in [0.25, 0.3) is 0 Å². The van der Waals surface area contributed by atoms with E-state index in [0.717, 1.165) is 5.56 Å². The van der Waals surface area contributed by atoms with Crippen molar-refractivity contribution < 1.29 is 9.59 Å². The predicted molar refractivity (Wildman–Crippen MR) is 74.1 cm³/mol. The zero-order valence-electron chi connectivity index (χ0n) is 10.7. The maximum Gasteiger partial charge on any atom is 0.252 e. The van der Waals surface area contributed by atoms with Crippen LogP contribution in [0.2, 0.25) is 0 Å². The number of hydrogen-bond donors (Lipinski definition) is 1. The number of amides is 1. The van der Waals surface area contributed by atoms with Gasteiger partial charge in [0.25, 0.3) is 5.91 Å². The Morgan fingerprint density at radius 3 is 2.11 bits per heavy atom. The number of benzene rings is 2. The van der Waals surface area contributed by atoms with Crippen LogP contribution in [0, 0.1) is 0 Å². The second-order valence-corrected chi connectivity index (χ2v) is 4.27. The van der Waals surface area contributed by atoms with Crippen molar-refractivity contribution in [2.24, 2.45) is 0 Å². The van der Waals surface area contributed by atoms with Gasteiger partial charge in [-0.2, -0.15) is 0 Å². The lowest BCUT2D eigenvalue weighted by molar-refractivity contribution is 0.0936. The van der Waals surface area contributed by atoms with Crippen LogP contribution in [0.15, 0.2) is 54.6 Å². The molecule has 2 aromatic carbocycles. The molecule has 96 valence electrons. The summed E-state index contributed by atoms with van der Waals surface area (Å²) < 4.78 is 0. The van der Waals surface area contributed by atoms with E-state index in [2.05, 4.69) is 5.32 Å². The topological polar surface area (TPSA) is 46.2 Å². The zero-order valence-corrected chi connectivity index (χ0v) is 10.7. The molecule has 1 amide bonds. The third-order valence-corrected chi connectivity index (χ3v) is 2.85. The van der Waals surface area contributed by atoms with Crippen LogP contribution in [-0.4, -0.2) is 11.7 Å². The van der Waals surface area contributed by atoms with Gasteiger partial charge >= 0.3 is 0 Å². The number of nitrogens with one attached hydrogen (secondary N) is 1. The van der Waals surface area contributed by atoms with E-state index >= 15 is 0 Å². The summed E-state index contributed by atoms with van der Waals surface area (Å²) in [7, 11) is 0. The highest BCUT2D eigenvalue weighted by atomic mass is 16.2. The standard InChI is InChI=1S/C16H15NO2/c1-12(18)14-9-5-6-10-15(14)16(19)17-11-13-7-3-2-4-8-13/h2-10H,11H2,1H3,(H,17,19). The minimum absolute atomic E-state index is 0.106. The van der Waals surface area contributed by atoms with Crippen LogP contribution in [0.1, 0.15) is 33.2 Å². The summed E-state index contributed by atoms with van der Waals surface area (Å²) in [5.74, 6) is -0.333. The van der Waals surface area contributed by atoms with Gasteiger partial charge in [0, 0.05) is 12.1 Å². The highest BCUT2D eigenvalue weighted by Crippen LogP contribution is 2.09. The van der Waals surface area contributed by atoms with E-state index in [4.69, 9.17) is 0 Å². The second kappa shape index (κ2) is 5.96. The normalized spacial score (nSPS) is 9.95. The first-order valence-corrected chi connectivity index (χ1v) is 6.10. The summed E-state index contributed by atoms with van der Waals surface area (Å²) in [5.41, 5.74) is 1.90. The van der Waals surface area contributed by atoms with Gasteiger partial charge in [0.2, 0.25) is 0 Å². The molecule has 0 aliphatic carbocycles. The smallest absolute Gasteiger partial charge is 0.252 e. The summed E-state index contributed by atoms with van der Waals surface area (Å²) in [5, 5.41) is 2.82. The van der Waals surface area contributed by atoms with Crippen LogP contribution in [0.5, 0.6) is 0 Å². The molecule has 0 saturated carbocycles. The average molecular weight is 253 g/mol. The summed E-state index contributed by atoms with van der Waals surface area (Å²) in [4.78, 5) is 23.5. The van der Waals surface area contributed by atoms with Crippen LogP contribution < -0.4 is 5.32 Å². The molecule has 0 aliphatic rings. The first-order chi connectivity index (χ1) is 9.18. The van der Waals surface area contributed by atoms with Crippen LogP contribution in [0.3, 0.4) is 0 Å². The van der Waals surface area contributed by atoms with Gasteiger partial charge in [0.15, 0.2) is 5.78 Å². The fourth-order valence-corrected chi connectivity index (χ4v) is 1.86. The van der Waals surface area contributed by atoms with E-state index in [1.807, 2.05) is 30.3 Å². The Bertz CT molecular complexity index is 591. The number of carbonyl (C=O) groups excluding carboxylic acids is 2. The maximum absolute atomic E-state index is 12.1. The molecule has 19 heavy (non-hydrogen) atoms. The molecule has 0 atom stereocenters. The molecule has 0 radical (unpaired) electrons. The lowest BCUT2D eigenvalue weighted by atomic mass is 10.0. The monoisotopic (exact) mass is 253 g/mol. The number of hydrogen-bond acceptors (Lipinski definition) is 2. The van der Waals surface area contributed by atoms with Crippen molar-refractivity contribution in [2.75, 3.05) is 0 Å². The van der Waals surface area contributed by atoms with Crippen molar-refractivity contribution in [2.45, 2.75) is 13.5 Å². The first kappa shape index (κ1) is 13.0. The van der Waals surface area contributed by atoms with E-state index in [1.165, 1.54) is 6.92 Å². The van der Waals surface area contributed by atoms with Crippen molar-refractivity contribution in [3.8, 4) is 0 Å². The number of Topliss-reactive ketones (excluding diaryl/α,β-unsaturated/α-hetero) is 1. The van der Waals surface area contributed by atoms with Gasteiger partial charge in [-0.25, -0.2) is 0 Å². The van der Waals surface area contributed by atoms with Gasteiger partial charge in [0.1, 0.15) is 0 Å². The van der Waals surface area contributed by atoms with E-state index in [0.29, 0.717) is 17.7 Å². The van der Waals surface area contributed by atoms with Crippen LogP contribution in [-0.2, 0) is 6.54 Å². The molecular formula is C16H15NO2. The Kier molecular flexibility index (Phi) is 4.08. The second-order valence-electron chi connectivity index (χ2n) is 4.27. The molecule has 0 unspecified atom stereocenters. The maximum atomic E-state index is 12.1. The molecule has 0 heterocycles. The third-order valence-electron chi connectivity index (χ3n) is 2.85. The number of ketones is 1. The van der Waals surface area contributed by atoms with Crippen molar-refractivity contribution in [1.82, 2.24) is 5.32 Å². The SMILES string of the molecule is CC(=O)c1ccccc1C(=O)NCc1ccccc1. The molecule has 0 bridgehead atoms. The Labute approximate surface area is 112 Å². The van der Waals surface area contributed by atoms with Crippen molar-refractivity contribution in [1.29, 1.82) is 0 Å². The van der Waals surface area contributed by atoms with Crippen molar-refractivity contribution in [3.05, 3.63) is 71.3 Å². The zero-order chi connectivity index (χ0) is 13.7. The van der Waals surface area contributed by atoms with Gasteiger partial charge in [-0.1, -0.05) is 48.5 Å². The molecule has 1 N–H and O–H groups in total. The molecule has 0 spiro atoms. The lowest BCUT2D eigenvalue weighted by Crippen LogP contribution is -2.24. The molecule has 0 aliphatic heterocycles. The fourth-order valence-electron chi connectivity index (χ4n) is 1.86. The Morgan fingerprint density at radius 2 is 1.47 bits per heavy atom. The van der Waals surface area contributed by atoms with Gasteiger partial charge in [-0.15, -0.1) is 0 Å². The van der Waals surface area contributed by atoms with E-state index < -0.39 is 0 Å². The quantitative estimate of drug-likeness (QED) is 0.852. The molecule has 0 aromatic heterocycles. The summed E-state index contributed by atoms with van der Waals surface area (Å²) >= 11 is 0. The molecule has 2 aromatic rings. The largest absolute Gasteiger partial charge is 0.348 e. The molecular weight excluding hydrogens is 238 g/mol. The minimum Gasteiger partial charge on any atom is -0.348 e. The predicted octanol–water partition coefficient (Wildman–Crippen LogP) is 2.82. The molecule has 2 rings (SSSR count). The third kappa shape index (κ3) is 3.28. The fraction of sp³-hybridized carbons (Fsp3) is 0.125. The Balaban J connectivity index is 2.10. The number of carbonyl (C=O) groups is 2. The summed E-state index contributed by atoms with van der Waals surface area (Å²) in [6.45, 7) is 1.91. The van der Waals surface area contributed by atoms with Crippen LogP contribution in [0.4, 0.5) is 0 Å². The lowest BCUT2D eigenvalue weighted by Gasteiger charge is -2.08. The minimum atomic E-state index is -0.227. The van der Waals surface area contributed by atoms with Gasteiger partial charge < -0.3 is 5.32 Å². The van der Waals surface area contributed by atoms with E-state index in [1.54, 1.807) is 24.3 Å². The Morgan fingerprint density at radius 1 is 0.895 bits per heavy atom. The summed E-state index contributed by atoms with van der Waals surface area (Å²) in [6.07, 6.45) is 0. The first-order valence-electron chi connectivity index (χ1n) is 6.10. The molecule has 3 nitrogen and oxygen atoms in total. The van der Waals surface area contributed by atoms with Gasteiger partial charge in [0.05, 0.1) is 5.56 Å². The molecule has 0 fully saturated rings. The van der Waals surface area contributed by atoms with Crippen LogP contribution >= 0.6 is 0 Å². The van der Waals surface area contributed by atoms with E-state index in [9.17, 15) is 9.59 Å². The highest BCUT2D eigenvalue weighted by molar-refractivity contribution is 6.07. The van der Waals surface area contributed by atoms with Gasteiger partial charge in [-0.05, 0) is 18.6 Å².